The van der Waals surface area contributed by atoms with Gasteiger partial charge in [0, 0.05) is 49.1 Å². The number of benzene rings is 9. The summed E-state index contributed by atoms with van der Waals surface area (Å²) in [6.07, 6.45) is 0. The third kappa shape index (κ3) is 5.55. The van der Waals surface area contributed by atoms with Gasteiger partial charge in [-0.15, -0.1) is 0 Å². The van der Waals surface area contributed by atoms with E-state index in [0.29, 0.717) is 17.6 Å². The highest BCUT2D eigenvalue weighted by Gasteiger charge is 2.24. The van der Waals surface area contributed by atoms with E-state index < -0.39 is 0 Å². The van der Waals surface area contributed by atoms with Crippen molar-refractivity contribution in [2.45, 2.75) is 0 Å². The minimum atomic E-state index is 0.532. The molecule has 0 N–H and O–H groups in total. The van der Waals surface area contributed by atoms with Crippen LogP contribution in [-0.4, -0.2) is 24.1 Å². The second-order valence-corrected chi connectivity index (χ2v) is 16.0. The van der Waals surface area contributed by atoms with Crippen molar-refractivity contribution in [2.24, 2.45) is 0 Å². The number of nitrogens with zero attached hydrogens (tertiary/aromatic N) is 5. The Morgan fingerprint density at radius 3 is 1.54 bits per heavy atom. The van der Waals surface area contributed by atoms with Crippen LogP contribution in [0.2, 0.25) is 0 Å². The van der Waals surface area contributed by atoms with Crippen LogP contribution in [0.15, 0.2) is 217 Å². The molecule has 0 spiro atoms. The largest absolute Gasteiger partial charge is 0.456 e. The zero-order valence-electron chi connectivity index (χ0n) is 33.9. The molecule has 0 bridgehead atoms. The second kappa shape index (κ2) is 14.0. The molecule has 0 aliphatic carbocycles. The molecule has 0 aliphatic heterocycles. The Labute approximate surface area is 361 Å². The van der Waals surface area contributed by atoms with E-state index in [4.69, 9.17) is 19.4 Å². The molecule has 13 aromatic rings. The third-order valence-corrected chi connectivity index (χ3v) is 12.4. The molecule has 9 aromatic carbocycles. The Morgan fingerprint density at radius 1 is 0.333 bits per heavy atom. The lowest BCUT2D eigenvalue weighted by Gasteiger charge is -2.13. The second-order valence-electron chi connectivity index (χ2n) is 16.0. The van der Waals surface area contributed by atoms with Gasteiger partial charge in [-0.3, -0.25) is 4.57 Å². The summed E-state index contributed by atoms with van der Waals surface area (Å²) in [7, 11) is 0. The van der Waals surface area contributed by atoms with E-state index >= 15 is 0 Å². The fourth-order valence-corrected chi connectivity index (χ4v) is 9.54. The van der Waals surface area contributed by atoms with Crippen LogP contribution in [0.4, 0.5) is 0 Å². The molecular weight excluding hydrogens is 771 g/mol. The first kappa shape index (κ1) is 35.2. The van der Waals surface area contributed by atoms with Gasteiger partial charge in [0.25, 0.3) is 0 Å². The maximum absolute atomic E-state index is 6.59. The molecule has 4 aromatic heterocycles. The lowest BCUT2D eigenvalue weighted by molar-refractivity contribution is 0.669. The summed E-state index contributed by atoms with van der Waals surface area (Å²) in [5, 5.41) is 6.69. The van der Waals surface area contributed by atoms with E-state index in [1.165, 1.54) is 16.5 Å². The predicted octanol–water partition coefficient (Wildman–Crippen LogP) is 14.6. The summed E-state index contributed by atoms with van der Waals surface area (Å²) in [6, 6.07) is 74.4. The molecule has 0 saturated heterocycles. The number of hydrogen-bond acceptors (Lipinski definition) is 4. The number of para-hydroxylation sites is 2. The van der Waals surface area contributed by atoms with Crippen molar-refractivity contribution in [3.05, 3.63) is 212 Å². The van der Waals surface area contributed by atoms with Crippen LogP contribution >= 0.6 is 0 Å². The fourth-order valence-electron chi connectivity index (χ4n) is 9.54. The molecule has 0 amide bonds. The van der Waals surface area contributed by atoms with E-state index in [-0.39, 0.29) is 0 Å². The standard InChI is InChI=1S/C57H35N5O/c1-4-15-36(16-5-1)37-27-30-41(31-28-37)61-48-24-12-10-21-43(48)45-33-34-46-44-22-11-13-25-49(44)62(54(46)53(45)61)57-59-55(39-19-8-3-9-20-39)58-56(60-57)40-29-32-47-51(35-40)63-50-26-14-23-42(52(47)50)38-17-6-2-7-18-38/h1-35H. The average Bonchev–Trinajstić information content (AvgIpc) is 4.02. The highest BCUT2D eigenvalue weighted by Crippen LogP contribution is 2.43. The van der Waals surface area contributed by atoms with Gasteiger partial charge in [0.15, 0.2) is 11.6 Å². The van der Waals surface area contributed by atoms with Crippen molar-refractivity contribution >= 4 is 65.6 Å². The van der Waals surface area contributed by atoms with Gasteiger partial charge >= 0.3 is 0 Å². The van der Waals surface area contributed by atoms with E-state index in [2.05, 4.69) is 191 Å². The van der Waals surface area contributed by atoms with E-state index in [0.717, 1.165) is 88.1 Å². The molecule has 63 heavy (non-hydrogen) atoms. The highest BCUT2D eigenvalue weighted by atomic mass is 16.3. The number of aromatic nitrogens is 5. The smallest absolute Gasteiger partial charge is 0.238 e. The third-order valence-electron chi connectivity index (χ3n) is 12.4. The van der Waals surface area contributed by atoms with Gasteiger partial charge in [0.1, 0.15) is 11.2 Å². The van der Waals surface area contributed by atoms with E-state index in [9.17, 15) is 0 Å². The predicted molar refractivity (Wildman–Crippen MR) is 258 cm³/mol. The Morgan fingerprint density at radius 2 is 0.857 bits per heavy atom. The monoisotopic (exact) mass is 805 g/mol. The van der Waals surface area contributed by atoms with Gasteiger partial charge in [-0.1, -0.05) is 170 Å². The minimum absolute atomic E-state index is 0.532. The number of furan rings is 1. The minimum Gasteiger partial charge on any atom is -0.456 e. The summed E-state index contributed by atoms with van der Waals surface area (Å²) < 4.78 is 11.2. The van der Waals surface area contributed by atoms with Crippen molar-refractivity contribution in [1.82, 2.24) is 24.1 Å². The number of fused-ring (bicyclic) bond motifs is 10. The average molecular weight is 806 g/mol. The Hall–Kier alpha value is -8.61. The van der Waals surface area contributed by atoms with Crippen LogP contribution in [0.5, 0.6) is 0 Å². The van der Waals surface area contributed by atoms with Crippen LogP contribution in [0, 0.1) is 0 Å². The first-order valence-electron chi connectivity index (χ1n) is 21.2. The van der Waals surface area contributed by atoms with Gasteiger partial charge in [0.05, 0.1) is 22.1 Å². The molecule has 13 rings (SSSR count). The zero-order valence-corrected chi connectivity index (χ0v) is 33.9. The highest BCUT2D eigenvalue weighted by molar-refractivity contribution is 6.23. The summed E-state index contributed by atoms with van der Waals surface area (Å²) in [6.45, 7) is 0. The Balaban J connectivity index is 1.08. The molecule has 6 nitrogen and oxygen atoms in total. The van der Waals surface area contributed by atoms with Crippen LogP contribution in [0.1, 0.15) is 0 Å². The molecule has 0 aliphatic rings. The van der Waals surface area contributed by atoms with Gasteiger partial charge < -0.3 is 8.98 Å². The summed E-state index contributed by atoms with van der Waals surface area (Å²) in [5.74, 6) is 1.67. The summed E-state index contributed by atoms with van der Waals surface area (Å²) >= 11 is 0. The molecule has 0 atom stereocenters. The molecule has 0 unspecified atom stereocenters. The molecular formula is C57H35N5O. The van der Waals surface area contributed by atoms with Gasteiger partial charge in [-0.25, -0.2) is 4.98 Å². The molecule has 4 heterocycles. The van der Waals surface area contributed by atoms with Crippen molar-refractivity contribution in [2.75, 3.05) is 0 Å². The van der Waals surface area contributed by atoms with E-state index in [1.807, 2.05) is 30.3 Å². The van der Waals surface area contributed by atoms with Crippen LogP contribution in [-0.2, 0) is 0 Å². The number of hydrogen-bond donors (Lipinski definition) is 0. The zero-order chi connectivity index (χ0) is 41.4. The fraction of sp³-hybridized carbons (Fsp3) is 0. The van der Waals surface area contributed by atoms with Crippen LogP contribution in [0.3, 0.4) is 0 Å². The maximum Gasteiger partial charge on any atom is 0.238 e. The lowest BCUT2D eigenvalue weighted by Crippen LogP contribution is -2.07. The quantitative estimate of drug-likeness (QED) is 0.168. The van der Waals surface area contributed by atoms with Gasteiger partial charge in [-0.2, -0.15) is 9.97 Å². The molecule has 0 radical (unpaired) electrons. The molecule has 0 saturated carbocycles. The molecule has 6 heteroatoms. The Bertz CT molecular complexity index is 3890. The van der Waals surface area contributed by atoms with Gasteiger partial charge in [-0.05, 0) is 64.7 Å². The van der Waals surface area contributed by atoms with Crippen molar-refractivity contribution in [3.63, 3.8) is 0 Å². The van der Waals surface area contributed by atoms with Gasteiger partial charge in [0.2, 0.25) is 5.95 Å². The van der Waals surface area contributed by atoms with Crippen LogP contribution in [0.25, 0.3) is 122 Å². The van der Waals surface area contributed by atoms with E-state index in [1.54, 1.807) is 0 Å². The first-order valence-corrected chi connectivity index (χ1v) is 21.2. The first-order chi connectivity index (χ1) is 31.2. The summed E-state index contributed by atoms with van der Waals surface area (Å²) in [4.78, 5) is 15.9. The van der Waals surface area contributed by atoms with Crippen molar-refractivity contribution < 1.29 is 4.42 Å². The lowest BCUT2D eigenvalue weighted by atomic mass is 9.99. The molecule has 294 valence electrons. The topological polar surface area (TPSA) is 61.7 Å². The maximum atomic E-state index is 6.59. The SMILES string of the molecule is c1ccc(-c2ccc(-n3c4ccccc4c4ccc5c6ccccc6n(-c6nc(-c7ccccc7)nc(-c7ccc8c(c7)oc7cccc(-c9ccccc9)c78)n6)c5c43)cc2)cc1. The van der Waals surface area contributed by atoms with Crippen molar-refractivity contribution in [1.29, 1.82) is 0 Å². The normalized spacial score (nSPS) is 11.8. The van der Waals surface area contributed by atoms with Crippen LogP contribution < -0.4 is 0 Å². The summed E-state index contributed by atoms with van der Waals surface area (Å²) in [5.41, 5.74) is 13.3. The number of rotatable bonds is 6. The molecule has 0 fully saturated rings. The van der Waals surface area contributed by atoms with Crippen molar-refractivity contribution in [3.8, 4) is 56.7 Å². The Kier molecular flexibility index (Phi) is 7.80.